The first-order valence-electron chi connectivity index (χ1n) is 6.73. The highest BCUT2D eigenvalue weighted by Gasteiger charge is 2.58. The monoisotopic (exact) mass is 241 g/mol. The molecule has 0 aromatic carbocycles. The number of nitrogens with zero attached hydrogens (tertiary/aromatic N) is 1. The fourth-order valence-corrected chi connectivity index (χ4v) is 4.12. The summed E-state index contributed by atoms with van der Waals surface area (Å²) >= 11 is 0. The Bertz CT molecular complexity index is 287. The maximum atomic E-state index is 11.1. The van der Waals surface area contributed by atoms with Crippen LogP contribution in [0.2, 0.25) is 0 Å². The van der Waals surface area contributed by atoms with Crippen LogP contribution in [0.15, 0.2) is 0 Å². The number of ether oxygens (including phenoxy) is 1. The highest BCUT2D eigenvalue weighted by Crippen LogP contribution is 2.51. The van der Waals surface area contributed by atoms with Gasteiger partial charge < -0.3 is 19.8 Å². The molecule has 2 bridgehead atoms. The van der Waals surface area contributed by atoms with Crippen molar-refractivity contribution in [2.75, 3.05) is 26.9 Å². The minimum atomic E-state index is -0.726. The highest BCUT2D eigenvalue weighted by atomic mass is 16.5. The third kappa shape index (κ3) is 1.58. The minimum Gasteiger partial charge on any atom is -0.396 e. The van der Waals surface area contributed by atoms with Crippen molar-refractivity contribution < 1.29 is 14.9 Å². The predicted molar refractivity (Wildman–Crippen MR) is 63.7 cm³/mol. The number of aliphatic hydroxyl groups is 2. The van der Waals surface area contributed by atoms with Gasteiger partial charge in [-0.05, 0) is 39.2 Å². The Morgan fingerprint density at radius 2 is 1.94 bits per heavy atom. The number of rotatable bonds is 2. The fraction of sp³-hybridized carbons (Fsp3) is 1.00. The summed E-state index contributed by atoms with van der Waals surface area (Å²) in [5.74, 6) is 0. The molecule has 3 saturated heterocycles. The zero-order valence-electron chi connectivity index (χ0n) is 10.6. The van der Waals surface area contributed by atoms with Crippen molar-refractivity contribution in [1.29, 1.82) is 0 Å². The van der Waals surface area contributed by atoms with E-state index < -0.39 is 11.0 Å². The van der Waals surface area contributed by atoms with Gasteiger partial charge in [-0.2, -0.15) is 0 Å². The van der Waals surface area contributed by atoms with Crippen LogP contribution in [-0.4, -0.2) is 59.7 Å². The van der Waals surface area contributed by atoms with E-state index in [1.807, 2.05) is 0 Å². The summed E-state index contributed by atoms with van der Waals surface area (Å²) in [6.45, 7) is 1.24. The molecular formula is C13H23NO3. The summed E-state index contributed by atoms with van der Waals surface area (Å²) in [6, 6.07) is 0.977. The van der Waals surface area contributed by atoms with E-state index in [1.165, 1.54) is 12.8 Å². The molecule has 0 amide bonds. The van der Waals surface area contributed by atoms with Crippen molar-refractivity contribution in [3.63, 3.8) is 0 Å². The second-order valence-electron chi connectivity index (χ2n) is 6.23. The number of hydrogen-bond donors (Lipinski definition) is 2. The van der Waals surface area contributed by atoms with E-state index >= 15 is 0 Å². The van der Waals surface area contributed by atoms with Gasteiger partial charge in [0.2, 0.25) is 0 Å². The van der Waals surface area contributed by atoms with Gasteiger partial charge in [-0.15, -0.1) is 0 Å². The van der Waals surface area contributed by atoms with Gasteiger partial charge in [0, 0.05) is 24.1 Å². The van der Waals surface area contributed by atoms with Gasteiger partial charge in [-0.25, -0.2) is 0 Å². The molecule has 17 heavy (non-hydrogen) atoms. The Hall–Kier alpha value is -0.160. The minimum absolute atomic E-state index is 0.0483. The maximum Gasteiger partial charge on any atom is 0.0778 e. The molecule has 0 aromatic heterocycles. The number of fused-ring (bicyclic) bond motifs is 2. The predicted octanol–water partition coefficient (Wildman–Crippen LogP) is 0.373. The first-order chi connectivity index (χ1) is 8.10. The average Bonchev–Trinajstić information content (AvgIpc) is 2.87. The molecule has 3 heterocycles. The van der Waals surface area contributed by atoms with Gasteiger partial charge in [0.1, 0.15) is 0 Å². The van der Waals surface area contributed by atoms with Gasteiger partial charge >= 0.3 is 0 Å². The molecule has 0 spiro atoms. The van der Waals surface area contributed by atoms with Crippen molar-refractivity contribution in [3.05, 3.63) is 0 Å². The first-order valence-corrected chi connectivity index (χ1v) is 6.73. The van der Waals surface area contributed by atoms with E-state index in [2.05, 4.69) is 11.9 Å². The third-order valence-corrected chi connectivity index (χ3v) is 5.52. The van der Waals surface area contributed by atoms with E-state index in [0.29, 0.717) is 25.3 Å². The maximum absolute atomic E-state index is 11.1. The van der Waals surface area contributed by atoms with Crippen LogP contribution in [0.3, 0.4) is 0 Å². The van der Waals surface area contributed by atoms with Crippen LogP contribution in [0.1, 0.15) is 32.1 Å². The normalized spacial score (nSPS) is 51.0. The Morgan fingerprint density at radius 1 is 1.29 bits per heavy atom. The van der Waals surface area contributed by atoms with Gasteiger partial charge in [-0.1, -0.05) is 0 Å². The van der Waals surface area contributed by atoms with E-state index in [0.717, 1.165) is 19.3 Å². The topological polar surface area (TPSA) is 52.9 Å². The lowest BCUT2D eigenvalue weighted by atomic mass is 9.65. The highest BCUT2D eigenvalue weighted by molar-refractivity contribution is 5.10. The lowest BCUT2D eigenvalue weighted by molar-refractivity contribution is -0.152. The molecule has 0 aromatic rings. The number of aliphatic hydroxyl groups excluding tert-OH is 1. The van der Waals surface area contributed by atoms with Crippen LogP contribution in [0.25, 0.3) is 0 Å². The van der Waals surface area contributed by atoms with Crippen LogP contribution in [0, 0.1) is 5.41 Å². The van der Waals surface area contributed by atoms with Crippen molar-refractivity contribution >= 4 is 0 Å². The van der Waals surface area contributed by atoms with Crippen molar-refractivity contribution in [2.24, 2.45) is 5.41 Å². The summed E-state index contributed by atoms with van der Waals surface area (Å²) in [5.41, 5.74) is -1.13. The van der Waals surface area contributed by atoms with E-state index in [4.69, 9.17) is 4.74 Å². The Balaban J connectivity index is 1.86. The molecule has 3 aliphatic heterocycles. The van der Waals surface area contributed by atoms with Gasteiger partial charge in [0.05, 0.1) is 18.8 Å². The zero-order valence-corrected chi connectivity index (χ0v) is 10.6. The lowest BCUT2D eigenvalue weighted by Gasteiger charge is -2.50. The molecule has 4 nitrogen and oxygen atoms in total. The summed E-state index contributed by atoms with van der Waals surface area (Å²) in [5, 5.41) is 20.8. The summed E-state index contributed by atoms with van der Waals surface area (Å²) < 4.78 is 5.45. The second kappa shape index (κ2) is 3.92. The molecule has 3 fully saturated rings. The van der Waals surface area contributed by atoms with Crippen LogP contribution in [0.5, 0.6) is 0 Å². The molecule has 2 N–H and O–H groups in total. The molecular weight excluding hydrogens is 218 g/mol. The summed E-state index contributed by atoms with van der Waals surface area (Å²) in [6.07, 6.45) is 4.76. The molecule has 98 valence electrons. The largest absolute Gasteiger partial charge is 0.396 e. The number of hydrogen-bond acceptors (Lipinski definition) is 4. The smallest absolute Gasteiger partial charge is 0.0778 e. The molecule has 3 aliphatic rings. The fourth-order valence-electron chi connectivity index (χ4n) is 4.12. The molecule has 0 saturated carbocycles. The third-order valence-electron chi connectivity index (χ3n) is 5.52. The quantitative estimate of drug-likeness (QED) is 0.733. The number of piperidine rings is 1. The lowest BCUT2D eigenvalue weighted by Crippen LogP contribution is -2.59. The SMILES string of the molecule is CN1C2CCC1CC(O)(C1(CO)CCOC1)C2. The summed E-state index contributed by atoms with van der Waals surface area (Å²) in [7, 11) is 2.17. The van der Waals surface area contributed by atoms with E-state index in [9.17, 15) is 10.2 Å². The van der Waals surface area contributed by atoms with Crippen molar-refractivity contribution in [3.8, 4) is 0 Å². The van der Waals surface area contributed by atoms with Gasteiger partial charge in [0.15, 0.2) is 0 Å². The summed E-state index contributed by atoms with van der Waals surface area (Å²) in [4.78, 5) is 2.41. The van der Waals surface area contributed by atoms with Crippen LogP contribution >= 0.6 is 0 Å². The van der Waals surface area contributed by atoms with Crippen molar-refractivity contribution in [1.82, 2.24) is 4.90 Å². The molecule has 3 rings (SSSR count). The molecule has 4 heteroatoms. The van der Waals surface area contributed by atoms with E-state index in [-0.39, 0.29) is 6.61 Å². The molecule has 0 radical (unpaired) electrons. The standard InChI is InChI=1S/C13H23NO3/c1-14-10-2-3-11(14)7-13(16,6-10)12(8-15)4-5-17-9-12/h10-11,15-16H,2-9H2,1H3. The van der Waals surface area contributed by atoms with Crippen LogP contribution in [-0.2, 0) is 4.74 Å². The Labute approximate surface area is 103 Å². The zero-order chi connectivity index (χ0) is 12.1. The van der Waals surface area contributed by atoms with Crippen LogP contribution in [0.4, 0.5) is 0 Å². The second-order valence-corrected chi connectivity index (χ2v) is 6.23. The molecule has 3 atom stereocenters. The van der Waals surface area contributed by atoms with Crippen LogP contribution < -0.4 is 0 Å². The average molecular weight is 241 g/mol. The van der Waals surface area contributed by atoms with Gasteiger partial charge in [-0.3, -0.25) is 0 Å². The van der Waals surface area contributed by atoms with Gasteiger partial charge in [0.25, 0.3) is 0 Å². The van der Waals surface area contributed by atoms with Crippen molar-refractivity contribution in [2.45, 2.75) is 49.8 Å². The Morgan fingerprint density at radius 3 is 2.41 bits per heavy atom. The molecule has 3 unspecified atom stereocenters. The molecule has 0 aliphatic carbocycles. The Kier molecular flexibility index (Phi) is 2.74. The van der Waals surface area contributed by atoms with E-state index in [1.54, 1.807) is 0 Å². The first kappa shape index (κ1) is 11.9.